The summed E-state index contributed by atoms with van der Waals surface area (Å²) in [5, 5.41) is 2.38. The minimum atomic E-state index is -0.966. The van der Waals surface area contributed by atoms with Crippen LogP contribution in [0.2, 0.25) is 0 Å². The lowest BCUT2D eigenvalue weighted by Gasteiger charge is -2.08. The van der Waals surface area contributed by atoms with E-state index in [0.29, 0.717) is 11.6 Å². The molecule has 0 fully saturated rings. The fraction of sp³-hybridized carbons (Fsp3) is 0.133. The highest BCUT2D eigenvalue weighted by Crippen LogP contribution is 2.12. The molecule has 2 rings (SSSR count). The Labute approximate surface area is 119 Å². The molecule has 0 spiro atoms. The second-order valence-electron chi connectivity index (χ2n) is 4.44. The van der Waals surface area contributed by atoms with E-state index in [1.807, 2.05) is 0 Å². The summed E-state index contributed by atoms with van der Waals surface area (Å²) in [6.45, 7) is 0.108. The number of hydrogen-bond donors (Lipinski definition) is 2. The molecular weight excluding hydrogens is 281 g/mol. The van der Waals surface area contributed by atoms with Crippen LogP contribution in [0.3, 0.4) is 0 Å². The number of nitrogens with one attached hydrogen (secondary N) is 1. The van der Waals surface area contributed by atoms with Crippen molar-refractivity contribution >= 4 is 5.91 Å². The van der Waals surface area contributed by atoms with E-state index in [4.69, 9.17) is 5.73 Å². The largest absolute Gasteiger partial charge is 0.348 e. The smallest absolute Gasteiger partial charge is 0.254 e. The molecule has 2 aromatic rings. The molecule has 0 heterocycles. The Balaban J connectivity index is 2.07. The van der Waals surface area contributed by atoms with E-state index in [2.05, 4.69) is 5.32 Å². The molecule has 0 saturated carbocycles. The first-order valence-electron chi connectivity index (χ1n) is 6.22. The fourth-order valence-corrected chi connectivity index (χ4v) is 1.81. The van der Waals surface area contributed by atoms with Crippen LogP contribution in [-0.2, 0) is 13.1 Å². The lowest BCUT2D eigenvalue weighted by Crippen LogP contribution is -2.24. The number of halogens is 3. The van der Waals surface area contributed by atoms with Crippen molar-refractivity contribution in [2.24, 2.45) is 5.73 Å². The van der Waals surface area contributed by atoms with Gasteiger partial charge in [-0.1, -0.05) is 12.1 Å². The van der Waals surface area contributed by atoms with E-state index in [1.54, 1.807) is 6.07 Å². The maximum Gasteiger partial charge on any atom is 0.254 e. The quantitative estimate of drug-likeness (QED) is 0.910. The minimum absolute atomic E-state index is 0.105. The Bertz CT molecular complexity index is 674. The molecule has 0 atom stereocenters. The summed E-state index contributed by atoms with van der Waals surface area (Å²) in [5.41, 5.74) is 5.98. The molecule has 0 aliphatic heterocycles. The van der Waals surface area contributed by atoms with E-state index < -0.39 is 23.4 Å². The SMILES string of the molecule is NCc1ccc(CNC(=O)c2ccc(F)cc2F)c(F)c1. The predicted molar refractivity (Wildman–Crippen MR) is 71.8 cm³/mol. The highest BCUT2D eigenvalue weighted by molar-refractivity contribution is 5.94. The third-order valence-corrected chi connectivity index (χ3v) is 2.97. The molecule has 6 heteroatoms. The van der Waals surface area contributed by atoms with Gasteiger partial charge < -0.3 is 11.1 Å². The van der Waals surface area contributed by atoms with Crippen molar-refractivity contribution in [3.05, 3.63) is 70.5 Å². The molecule has 1 amide bonds. The normalized spacial score (nSPS) is 10.5. The average molecular weight is 294 g/mol. The lowest BCUT2D eigenvalue weighted by atomic mass is 10.1. The van der Waals surface area contributed by atoms with Crippen LogP contribution in [0.1, 0.15) is 21.5 Å². The monoisotopic (exact) mass is 294 g/mol. The third kappa shape index (κ3) is 3.61. The van der Waals surface area contributed by atoms with Crippen LogP contribution >= 0.6 is 0 Å². The molecule has 3 nitrogen and oxygen atoms in total. The van der Waals surface area contributed by atoms with Crippen molar-refractivity contribution in [2.45, 2.75) is 13.1 Å². The number of benzene rings is 2. The second-order valence-corrected chi connectivity index (χ2v) is 4.44. The van der Waals surface area contributed by atoms with Gasteiger partial charge in [-0.05, 0) is 23.8 Å². The third-order valence-electron chi connectivity index (χ3n) is 2.97. The number of rotatable bonds is 4. The first kappa shape index (κ1) is 15.1. The van der Waals surface area contributed by atoms with Gasteiger partial charge in [-0.3, -0.25) is 4.79 Å². The van der Waals surface area contributed by atoms with Gasteiger partial charge >= 0.3 is 0 Å². The first-order valence-corrected chi connectivity index (χ1v) is 6.22. The molecule has 0 saturated heterocycles. The topological polar surface area (TPSA) is 55.1 Å². The van der Waals surface area contributed by atoms with Crippen LogP contribution in [0.4, 0.5) is 13.2 Å². The number of carbonyl (C=O) groups excluding carboxylic acids is 1. The van der Waals surface area contributed by atoms with E-state index in [-0.39, 0.29) is 24.2 Å². The summed E-state index contributed by atoms with van der Waals surface area (Å²) < 4.78 is 39.9. The number of hydrogen-bond acceptors (Lipinski definition) is 2. The van der Waals surface area contributed by atoms with E-state index >= 15 is 0 Å². The standard InChI is InChI=1S/C15H13F3N2O/c16-11-3-4-12(14(18)6-11)15(21)20-8-10-2-1-9(7-19)5-13(10)17/h1-6H,7-8,19H2,(H,20,21). The molecule has 0 aromatic heterocycles. The predicted octanol–water partition coefficient (Wildman–Crippen LogP) is 2.49. The van der Waals surface area contributed by atoms with Crippen LogP contribution in [-0.4, -0.2) is 5.91 Å². The first-order chi connectivity index (χ1) is 10.0. The molecule has 0 unspecified atom stereocenters. The van der Waals surface area contributed by atoms with Crippen LogP contribution in [0.5, 0.6) is 0 Å². The number of carbonyl (C=O) groups is 1. The van der Waals surface area contributed by atoms with Crippen molar-refractivity contribution < 1.29 is 18.0 Å². The summed E-state index contributed by atoms with van der Waals surface area (Å²) in [5.74, 6) is -2.98. The van der Waals surface area contributed by atoms with Gasteiger partial charge in [-0.25, -0.2) is 13.2 Å². The molecule has 110 valence electrons. The molecule has 21 heavy (non-hydrogen) atoms. The van der Waals surface area contributed by atoms with Crippen molar-refractivity contribution in [1.29, 1.82) is 0 Å². The van der Waals surface area contributed by atoms with Gasteiger partial charge in [-0.15, -0.1) is 0 Å². The highest BCUT2D eigenvalue weighted by Gasteiger charge is 2.13. The van der Waals surface area contributed by atoms with Crippen LogP contribution in [0.15, 0.2) is 36.4 Å². The van der Waals surface area contributed by atoms with Crippen LogP contribution in [0, 0.1) is 17.5 Å². The zero-order valence-electron chi connectivity index (χ0n) is 11.0. The molecule has 3 N–H and O–H groups in total. The van der Waals surface area contributed by atoms with Crippen molar-refractivity contribution in [3.8, 4) is 0 Å². The molecule has 2 aromatic carbocycles. The maximum absolute atomic E-state index is 13.7. The Hall–Kier alpha value is -2.34. The van der Waals surface area contributed by atoms with Crippen LogP contribution in [0.25, 0.3) is 0 Å². The Morgan fingerprint density at radius 3 is 2.43 bits per heavy atom. The van der Waals surface area contributed by atoms with Crippen LogP contribution < -0.4 is 11.1 Å². The Morgan fingerprint density at radius 1 is 1.05 bits per heavy atom. The number of amides is 1. The lowest BCUT2D eigenvalue weighted by molar-refractivity contribution is 0.0946. The highest BCUT2D eigenvalue weighted by atomic mass is 19.1. The Morgan fingerprint density at radius 2 is 1.81 bits per heavy atom. The zero-order chi connectivity index (χ0) is 15.4. The second kappa shape index (κ2) is 6.41. The molecule has 0 radical (unpaired) electrons. The van der Waals surface area contributed by atoms with Gasteiger partial charge in [0.1, 0.15) is 17.5 Å². The van der Waals surface area contributed by atoms with Gasteiger partial charge in [-0.2, -0.15) is 0 Å². The molecule has 0 aliphatic carbocycles. The van der Waals surface area contributed by atoms with E-state index in [9.17, 15) is 18.0 Å². The van der Waals surface area contributed by atoms with E-state index in [0.717, 1.165) is 12.1 Å². The fourth-order valence-electron chi connectivity index (χ4n) is 1.81. The van der Waals surface area contributed by atoms with Gasteiger partial charge in [0.15, 0.2) is 0 Å². The summed E-state index contributed by atoms with van der Waals surface area (Å²) in [6, 6.07) is 7.05. The van der Waals surface area contributed by atoms with Gasteiger partial charge in [0.05, 0.1) is 5.56 Å². The summed E-state index contributed by atoms with van der Waals surface area (Å²) in [7, 11) is 0. The summed E-state index contributed by atoms with van der Waals surface area (Å²) in [4.78, 5) is 11.8. The van der Waals surface area contributed by atoms with E-state index in [1.165, 1.54) is 12.1 Å². The van der Waals surface area contributed by atoms with Crippen molar-refractivity contribution in [2.75, 3.05) is 0 Å². The molecule has 0 bridgehead atoms. The minimum Gasteiger partial charge on any atom is -0.348 e. The number of nitrogens with two attached hydrogens (primary N) is 1. The zero-order valence-corrected chi connectivity index (χ0v) is 11.0. The molecular formula is C15H13F3N2O. The Kier molecular flexibility index (Phi) is 4.59. The van der Waals surface area contributed by atoms with Crippen molar-refractivity contribution in [1.82, 2.24) is 5.32 Å². The van der Waals surface area contributed by atoms with Crippen molar-refractivity contribution in [3.63, 3.8) is 0 Å². The maximum atomic E-state index is 13.7. The van der Waals surface area contributed by atoms with Gasteiger partial charge in [0.25, 0.3) is 5.91 Å². The summed E-state index contributed by atoms with van der Waals surface area (Å²) >= 11 is 0. The van der Waals surface area contributed by atoms with Gasteiger partial charge in [0, 0.05) is 24.7 Å². The van der Waals surface area contributed by atoms with Gasteiger partial charge in [0.2, 0.25) is 0 Å². The summed E-state index contributed by atoms with van der Waals surface area (Å²) in [6.07, 6.45) is 0. The molecule has 0 aliphatic rings. The average Bonchev–Trinajstić information content (AvgIpc) is 2.45.